The number of halogens is 1. The predicted octanol–water partition coefficient (Wildman–Crippen LogP) is 3.19. The van der Waals surface area contributed by atoms with Crippen molar-refractivity contribution in [1.29, 1.82) is 0 Å². The molecule has 0 spiro atoms. The Balaban J connectivity index is 2.30. The van der Waals surface area contributed by atoms with Gasteiger partial charge in [-0.25, -0.2) is 0 Å². The normalized spacial score (nSPS) is 10.3. The molecule has 0 saturated heterocycles. The van der Waals surface area contributed by atoms with Crippen LogP contribution in [0.3, 0.4) is 0 Å². The van der Waals surface area contributed by atoms with Gasteiger partial charge in [-0.15, -0.1) is 0 Å². The van der Waals surface area contributed by atoms with Gasteiger partial charge in [-0.3, -0.25) is 4.79 Å². The van der Waals surface area contributed by atoms with Gasteiger partial charge in [0.1, 0.15) is 0 Å². The molecular formula is C13H19ClN2OS. The van der Waals surface area contributed by atoms with Gasteiger partial charge in [-0.1, -0.05) is 18.0 Å². The number of nitrogen functional groups attached to an aromatic ring is 1. The molecular weight excluding hydrogens is 268 g/mol. The standard InChI is InChI=1S/C13H19ClN2OS/c1-18-8-4-2-3-7-16-13(17)10-5-6-11(14)12(15)9-10/h5-6,9H,2-4,7-8,15H2,1H3,(H,16,17). The van der Waals surface area contributed by atoms with Crippen molar-refractivity contribution in [2.45, 2.75) is 19.3 Å². The molecule has 0 bridgehead atoms. The summed E-state index contributed by atoms with van der Waals surface area (Å²) < 4.78 is 0. The molecule has 0 fully saturated rings. The van der Waals surface area contributed by atoms with Gasteiger partial charge in [0.2, 0.25) is 0 Å². The Morgan fingerprint density at radius 2 is 2.17 bits per heavy atom. The van der Waals surface area contributed by atoms with Crippen molar-refractivity contribution in [1.82, 2.24) is 5.32 Å². The first-order valence-corrected chi connectivity index (χ1v) is 7.74. The number of unbranched alkanes of at least 4 members (excludes halogenated alkanes) is 2. The number of carbonyl (C=O) groups excluding carboxylic acids is 1. The van der Waals surface area contributed by atoms with Crippen molar-refractivity contribution in [2.24, 2.45) is 0 Å². The summed E-state index contributed by atoms with van der Waals surface area (Å²) in [5.74, 6) is 1.09. The number of nitrogens with one attached hydrogen (secondary N) is 1. The number of anilines is 1. The van der Waals surface area contributed by atoms with Crippen molar-refractivity contribution in [3.63, 3.8) is 0 Å². The molecule has 0 aliphatic rings. The summed E-state index contributed by atoms with van der Waals surface area (Å²) in [7, 11) is 0. The first-order valence-electron chi connectivity index (χ1n) is 5.97. The highest BCUT2D eigenvalue weighted by Gasteiger charge is 2.06. The van der Waals surface area contributed by atoms with E-state index in [1.165, 1.54) is 12.2 Å². The molecule has 0 heterocycles. The second-order valence-corrected chi connectivity index (χ2v) is 5.44. The highest BCUT2D eigenvalue weighted by molar-refractivity contribution is 7.98. The summed E-state index contributed by atoms with van der Waals surface area (Å²) in [6.45, 7) is 0.704. The molecule has 1 rings (SSSR count). The van der Waals surface area contributed by atoms with Crippen molar-refractivity contribution in [2.75, 3.05) is 24.3 Å². The van der Waals surface area contributed by atoms with Crippen molar-refractivity contribution in [3.05, 3.63) is 28.8 Å². The molecule has 3 nitrogen and oxygen atoms in total. The van der Waals surface area contributed by atoms with Crippen molar-refractivity contribution < 1.29 is 4.79 Å². The average molecular weight is 287 g/mol. The Morgan fingerprint density at radius 3 is 2.83 bits per heavy atom. The fraction of sp³-hybridized carbons (Fsp3) is 0.462. The summed E-state index contributed by atoms with van der Waals surface area (Å²) in [6, 6.07) is 4.93. The van der Waals surface area contributed by atoms with Gasteiger partial charge >= 0.3 is 0 Å². The second kappa shape index (κ2) is 8.27. The third-order valence-electron chi connectivity index (χ3n) is 2.57. The number of thioether (sulfide) groups is 1. The van der Waals surface area contributed by atoms with Crippen LogP contribution in [0.2, 0.25) is 5.02 Å². The van der Waals surface area contributed by atoms with Crippen LogP contribution < -0.4 is 11.1 Å². The van der Waals surface area contributed by atoms with E-state index in [9.17, 15) is 4.79 Å². The Labute approximate surface area is 117 Å². The second-order valence-electron chi connectivity index (χ2n) is 4.05. The molecule has 0 aliphatic heterocycles. The van der Waals surface area contributed by atoms with E-state index in [1.807, 2.05) is 11.8 Å². The highest BCUT2D eigenvalue weighted by atomic mass is 35.5. The van der Waals surface area contributed by atoms with E-state index >= 15 is 0 Å². The first-order chi connectivity index (χ1) is 8.65. The lowest BCUT2D eigenvalue weighted by atomic mass is 10.2. The van der Waals surface area contributed by atoms with Crippen LogP contribution in [0.1, 0.15) is 29.6 Å². The maximum atomic E-state index is 11.8. The molecule has 0 unspecified atom stereocenters. The fourth-order valence-corrected chi connectivity index (χ4v) is 2.15. The van der Waals surface area contributed by atoms with Crippen LogP contribution in [-0.2, 0) is 0 Å². The predicted molar refractivity (Wildman–Crippen MR) is 80.4 cm³/mol. The third kappa shape index (κ3) is 5.19. The quantitative estimate of drug-likeness (QED) is 0.598. The summed E-state index contributed by atoms with van der Waals surface area (Å²) in [4.78, 5) is 11.8. The largest absolute Gasteiger partial charge is 0.398 e. The number of hydrogen-bond donors (Lipinski definition) is 2. The topological polar surface area (TPSA) is 55.1 Å². The van der Waals surface area contributed by atoms with Gasteiger partial charge in [0.15, 0.2) is 0 Å². The molecule has 1 amide bonds. The summed E-state index contributed by atoms with van der Waals surface area (Å²) in [6.07, 6.45) is 5.46. The van der Waals surface area contributed by atoms with Crippen LogP contribution in [0, 0.1) is 0 Å². The van der Waals surface area contributed by atoms with E-state index in [0.29, 0.717) is 22.8 Å². The number of hydrogen-bond acceptors (Lipinski definition) is 3. The van der Waals surface area contributed by atoms with Crippen LogP contribution >= 0.6 is 23.4 Å². The molecule has 0 saturated carbocycles. The third-order valence-corrected chi connectivity index (χ3v) is 3.61. The minimum atomic E-state index is -0.0942. The minimum absolute atomic E-state index is 0.0942. The highest BCUT2D eigenvalue weighted by Crippen LogP contribution is 2.19. The monoisotopic (exact) mass is 286 g/mol. The van der Waals surface area contributed by atoms with Gasteiger partial charge in [0.05, 0.1) is 10.7 Å². The van der Waals surface area contributed by atoms with E-state index < -0.39 is 0 Å². The lowest BCUT2D eigenvalue weighted by Crippen LogP contribution is -2.24. The molecule has 100 valence electrons. The average Bonchev–Trinajstić information content (AvgIpc) is 2.36. The van der Waals surface area contributed by atoms with Gasteiger partial charge in [-0.05, 0) is 43.0 Å². The summed E-state index contributed by atoms with van der Waals surface area (Å²) in [5, 5.41) is 3.35. The maximum absolute atomic E-state index is 11.8. The number of rotatable bonds is 7. The zero-order chi connectivity index (χ0) is 13.4. The van der Waals surface area contributed by atoms with E-state index in [2.05, 4.69) is 11.6 Å². The Kier molecular flexibility index (Phi) is 6.98. The fourth-order valence-electron chi connectivity index (χ4n) is 1.54. The molecule has 5 heteroatoms. The Hall–Kier alpha value is -0.870. The number of benzene rings is 1. The molecule has 0 radical (unpaired) electrons. The van der Waals surface area contributed by atoms with Gasteiger partial charge in [0.25, 0.3) is 5.91 Å². The van der Waals surface area contributed by atoms with Gasteiger partial charge in [0, 0.05) is 12.1 Å². The number of carbonyl (C=O) groups is 1. The first kappa shape index (κ1) is 15.2. The number of nitrogens with two attached hydrogens (primary N) is 1. The molecule has 0 aliphatic carbocycles. The molecule has 3 N–H and O–H groups in total. The van der Waals surface area contributed by atoms with Crippen molar-refractivity contribution >= 4 is 35.0 Å². The maximum Gasteiger partial charge on any atom is 0.251 e. The van der Waals surface area contributed by atoms with Crippen molar-refractivity contribution in [3.8, 4) is 0 Å². The van der Waals surface area contributed by atoms with E-state index in [0.717, 1.165) is 12.8 Å². The molecule has 1 aromatic rings. The molecule has 0 atom stereocenters. The van der Waals surface area contributed by atoms with Crippen LogP contribution in [0.25, 0.3) is 0 Å². The SMILES string of the molecule is CSCCCCCNC(=O)c1ccc(Cl)c(N)c1. The summed E-state index contributed by atoms with van der Waals surface area (Å²) >= 11 is 7.65. The van der Waals surface area contributed by atoms with Crippen LogP contribution in [0.5, 0.6) is 0 Å². The van der Waals surface area contributed by atoms with Gasteiger partial charge in [-0.2, -0.15) is 11.8 Å². The van der Waals surface area contributed by atoms with E-state index in [-0.39, 0.29) is 5.91 Å². The zero-order valence-electron chi connectivity index (χ0n) is 10.5. The lowest BCUT2D eigenvalue weighted by molar-refractivity contribution is 0.0953. The van der Waals surface area contributed by atoms with Crippen LogP contribution in [-0.4, -0.2) is 24.5 Å². The Bertz CT molecular complexity index is 399. The Morgan fingerprint density at radius 1 is 1.39 bits per heavy atom. The zero-order valence-corrected chi connectivity index (χ0v) is 12.1. The van der Waals surface area contributed by atoms with Gasteiger partial charge < -0.3 is 11.1 Å². The minimum Gasteiger partial charge on any atom is -0.398 e. The molecule has 1 aromatic carbocycles. The van der Waals surface area contributed by atoms with E-state index in [4.69, 9.17) is 17.3 Å². The smallest absolute Gasteiger partial charge is 0.251 e. The van der Waals surface area contributed by atoms with Crippen LogP contribution in [0.15, 0.2) is 18.2 Å². The lowest BCUT2D eigenvalue weighted by Gasteiger charge is -2.06. The number of amides is 1. The summed E-state index contributed by atoms with van der Waals surface area (Å²) in [5.41, 5.74) is 6.64. The molecule has 18 heavy (non-hydrogen) atoms. The van der Waals surface area contributed by atoms with Crippen LogP contribution in [0.4, 0.5) is 5.69 Å². The van der Waals surface area contributed by atoms with E-state index in [1.54, 1.807) is 18.2 Å². The molecule has 0 aromatic heterocycles.